The molecule has 0 aromatic heterocycles. The predicted octanol–water partition coefficient (Wildman–Crippen LogP) is 2.75. The molecule has 2 amide bonds. The highest BCUT2D eigenvalue weighted by atomic mass is 16.2. The molecule has 94 valence electrons. The number of rotatable bonds is 3. The second kappa shape index (κ2) is 5.87. The molecule has 0 aromatic carbocycles. The maximum Gasteiger partial charge on any atom is 0.335 e. The Bertz CT molecular complexity index is 252. The van der Waals surface area contributed by atoms with Crippen LogP contribution >= 0.6 is 0 Å². The van der Waals surface area contributed by atoms with Crippen molar-refractivity contribution >= 4 is 11.7 Å². The number of hydrogen-bond acceptors (Lipinski definition) is 2. The minimum atomic E-state index is -0.258. The first-order chi connectivity index (χ1) is 7.13. The lowest BCUT2D eigenvalue weighted by Gasteiger charge is -2.20. The predicted molar refractivity (Wildman–Crippen MR) is 68.5 cm³/mol. The van der Waals surface area contributed by atoms with Gasteiger partial charge in [0.1, 0.15) is 0 Å². The van der Waals surface area contributed by atoms with Gasteiger partial charge in [-0.2, -0.15) is 5.10 Å². The van der Waals surface area contributed by atoms with Crippen molar-refractivity contribution in [2.24, 2.45) is 16.9 Å². The highest BCUT2D eigenvalue weighted by molar-refractivity contribution is 5.89. The van der Waals surface area contributed by atoms with Crippen LogP contribution in [-0.4, -0.2) is 17.3 Å². The summed E-state index contributed by atoms with van der Waals surface area (Å²) in [4.78, 5) is 11.5. The van der Waals surface area contributed by atoms with E-state index in [1.165, 1.54) is 0 Å². The number of nitrogens with zero attached hydrogens (tertiary/aromatic N) is 1. The van der Waals surface area contributed by atoms with Gasteiger partial charge in [-0.3, -0.25) is 0 Å². The van der Waals surface area contributed by atoms with E-state index in [1.54, 1.807) is 0 Å². The molecular formula is C12H25N3O. The summed E-state index contributed by atoms with van der Waals surface area (Å²) in [6.45, 7) is 14.1. The Morgan fingerprint density at radius 2 is 1.50 bits per heavy atom. The fourth-order valence-corrected chi connectivity index (χ4v) is 1.41. The van der Waals surface area contributed by atoms with E-state index in [4.69, 9.17) is 0 Å². The van der Waals surface area contributed by atoms with E-state index in [2.05, 4.69) is 43.5 Å². The molecule has 4 heteroatoms. The first kappa shape index (κ1) is 14.9. The average Bonchev–Trinajstić information content (AvgIpc) is 1.98. The first-order valence-corrected chi connectivity index (χ1v) is 5.79. The molecule has 0 spiro atoms. The number of hydrogen-bond donors (Lipinski definition) is 2. The van der Waals surface area contributed by atoms with Crippen LogP contribution in [0.25, 0.3) is 0 Å². The molecule has 0 heterocycles. The topological polar surface area (TPSA) is 53.5 Å². The second-order valence-electron chi connectivity index (χ2n) is 5.66. The maximum atomic E-state index is 11.5. The summed E-state index contributed by atoms with van der Waals surface area (Å²) < 4.78 is 0. The minimum absolute atomic E-state index is 0.241. The molecule has 0 aliphatic carbocycles. The van der Waals surface area contributed by atoms with Gasteiger partial charge in [-0.15, -0.1) is 0 Å². The third kappa shape index (κ3) is 6.43. The van der Waals surface area contributed by atoms with Crippen LogP contribution in [0.3, 0.4) is 0 Å². The third-order valence-electron chi connectivity index (χ3n) is 1.96. The zero-order valence-electron chi connectivity index (χ0n) is 11.5. The Labute approximate surface area is 98.9 Å². The minimum Gasteiger partial charge on any atom is -0.332 e. The number of urea groups is 1. The summed E-state index contributed by atoms with van der Waals surface area (Å²) in [5.74, 6) is 0.685. The van der Waals surface area contributed by atoms with Gasteiger partial charge in [0.15, 0.2) is 0 Å². The van der Waals surface area contributed by atoms with Crippen molar-refractivity contribution in [2.45, 2.75) is 54.0 Å². The van der Waals surface area contributed by atoms with E-state index in [1.807, 2.05) is 20.8 Å². The molecule has 0 fully saturated rings. The monoisotopic (exact) mass is 227 g/mol. The van der Waals surface area contributed by atoms with Crippen LogP contribution < -0.4 is 10.7 Å². The normalized spacial score (nSPS) is 11.6. The van der Waals surface area contributed by atoms with Crippen LogP contribution in [0.2, 0.25) is 0 Å². The lowest BCUT2D eigenvalue weighted by atomic mass is 9.98. The number of hydrazone groups is 1. The summed E-state index contributed by atoms with van der Waals surface area (Å²) in [5.41, 5.74) is 3.30. The van der Waals surface area contributed by atoms with Crippen molar-refractivity contribution in [3.8, 4) is 0 Å². The molecule has 0 aliphatic rings. The van der Waals surface area contributed by atoms with Gasteiger partial charge >= 0.3 is 6.03 Å². The van der Waals surface area contributed by atoms with Gasteiger partial charge in [-0.05, 0) is 32.6 Å². The maximum absolute atomic E-state index is 11.5. The zero-order chi connectivity index (χ0) is 12.9. The molecule has 16 heavy (non-hydrogen) atoms. The van der Waals surface area contributed by atoms with Gasteiger partial charge in [-0.25, -0.2) is 10.2 Å². The van der Waals surface area contributed by atoms with E-state index in [-0.39, 0.29) is 11.6 Å². The highest BCUT2D eigenvalue weighted by Crippen LogP contribution is 2.07. The van der Waals surface area contributed by atoms with Gasteiger partial charge in [0.25, 0.3) is 0 Å². The van der Waals surface area contributed by atoms with Crippen molar-refractivity contribution in [2.75, 3.05) is 0 Å². The van der Waals surface area contributed by atoms with Crippen molar-refractivity contribution in [3.63, 3.8) is 0 Å². The first-order valence-electron chi connectivity index (χ1n) is 5.79. The van der Waals surface area contributed by atoms with E-state index in [0.717, 1.165) is 5.71 Å². The van der Waals surface area contributed by atoms with Crippen molar-refractivity contribution in [3.05, 3.63) is 0 Å². The van der Waals surface area contributed by atoms with Crippen LogP contribution in [-0.2, 0) is 0 Å². The summed E-state index contributed by atoms with van der Waals surface area (Å²) in [6, 6.07) is -0.258. The Hall–Kier alpha value is -1.06. The molecule has 0 atom stereocenters. The molecule has 0 radical (unpaired) electrons. The Morgan fingerprint density at radius 3 is 1.81 bits per heavy atom. The summed E-state index contributed by atoms with van der Waals surface area (Å²) >= 11 is 0. The molecule has 0 rings (SSSR count). The number of nitrogens with one attached hydrogen (secondary N) is 2. The Morgan fingerprint density at radius 1 is 1.06 bits per heavy atom. The molecule has 4 nitrogen and oxygen atoms in total. The summed E-state index contributed by atoms with van der Waals surface area (Å²) in [7, 11) is 0. The van der Waals surface area contributed by atoms with E-state index in [9.17, 15) is 4.79 Å². The second-order valence-corrected chi connectivity index (χ2v) is 5.66. The van der Waals surface area contributed by atoms with E-state index < -0.39 is 0 Å². The van der Waals surface area contributed by atoms with Crippen LogP contribution in [0.5, 0.6) is 0 Å². The summed E-state index contributed by atoms with van der Waals surface area (Å²) in [6.07, 6.45) is 0. The van der Waals surface area contributed by atoms with Crippen molar-refractivity contribution in [1.82, 2.24) is 10.7 Å². The fraction of sp³-hybridized carbons (Fsp3) is 0.833. The summed E-state index contributed by atoms with van der Waals surface area (Å²) in [5, 5.41) is 6.96. The van der Waals surface area contributed by atoms with Crippen LogP contribution in [0.1, 0.15) is 48.5 Å². The third-order valence-corrected chi connectivity index (χ3v) is 1.96. The van der Waals surface area contributed by atoms with Gasteiger partial charge in [0.2, 0.25) is 0 Å². The standard InChI is InChI=1S/C12H25N3O/c1-8(2)10(9(3)4)14-15-11(16)13-12(5,6)7/h8-9H,1-7H3,(H2,13,15,16). The lowest BCUT2D eigenvalue weighted by molar-refractivity contribution is 0.232. The Kier molecular flexibility index (Phi) is 5.48. The molecule has 2 N–H and O–H groups in total. The quantitative estimate of drug-likeness (QED) is 0.565. The van der Waals surface area contributed by atoms with Crippen molar-refractivity contribution in [1.29, 1.82) is 0 Å². The van der Waals surface area contributed by atoms with Gasteiger partial charge < -0.3 is 5.32 Å². The molecule has 0 aromatic rings. The van der Waals surface area contributed by atoms with Gasteiger partial charge in [0, 0.05) is 11.3 Å². The van der Waals surface area contributed by atoms with Crippen molar-refractivity contribution < 1.29 is 4.79 Å². The van der Waals surface area contributed by atoms with E-state index in [0.29, 0.717) is 11.8 Å². The van der Waals surface area contributed by atoms with Crippen LogP contribution in [0.15, 0.2) is 5.10 Å². The molecule has 0 saturated heterocycles. The largest absolute Gasteiger partial charge is 0.335 e. The van der Waals surface area contributed by atoms with Crippen LogP contribution in [0, 0.1) is 11.8 Å². The molecule has 0 aliphatic heterocycles. The van der Waals surface area contributed by atoms with E-state index >= 15 is 0 Å². The highest BCUT2D eigenvalue weighted by Gasteiger charge is 2.14. The lowest BCUT2D eigenvalue weighted by Crippen LogP contribution is -2.45. The molecule has 0 saturated carbocycles. The molecule has 0 bridgehead atoms. The molecule has 0 unspecified atom stereocenters. The number of carbonyl (C=O) groups is 1. The SMILES string of the molecule is CC(C)C(=NNC(=O)NC(C)(C)C)C(C)C. The van der Waals surface area contributed by atoms with Crippen LogP contribution in [0.4, 0.5) is 4.79 Å². The average molecular weight is 227 g/mol. The number of carbonyl (C=O) groups excluding carboxylic acids is 1. The Balaban J connectivity index is 4.39. The fourth-order valence-electron chi connectivity index (χ4n) is 1.41. The zero-order valence-corrected chi connectivity index (χ0v) is 11.5. The number of amides is 2. The van der Waals surface area contributed by atoms with Gasteiger partial charge in [-0.1, -0.05) is 27.7 Å². The molecular weight excluding hydrogens is 202 g/mol. The smallest absolute Gasteiger partial charge is 0.332 e. The van der Waals surface area contributed by atoms with Gasteiger partial charge in [0.05, 0.1) is 0 Å².